The molecule has 0 aromatic carbocycles. The monoisotopic (exact) mass is 174 g/mol. The summed E-state index contributed by atoms with van der Waals surface area (Å²) in [5.74, 6) is -0.394. The first kappa shape index (κ1) is 9.96. The Hall–Kier alpha value is -0.120. The fourth-order valence-electron chi connectivity index (χ4n) is 1.18. The summed E-state index contributed by atoms with van der Waals surface area (Å²) in [5, 5.41) is 0. The van der Waals surface area contributed by atoms with Crippen molar-refractivity contribution < 1.29 is 14.2 Å². The van der Waals surface area contributed by atoms with Gasteiger partial charge in [-0.3, -0.25) is 0 Å². The smallest absolute Gasteiger partial charge is 0.167 e. The van der Waals surface area contributed by atoms with Gasteiger partial charge >= 0.3 is 0 Å². The molecule has 0 atom stereocenters. The highest BCUT2D eigenvalue weighted by atomic mass is 16.7. The Labute approximate surface area is 74.0 Å². The quantitative estimate of drug-likeness (QED) is 0.647. The van der Waals surface area contributed by atoms with E-state index in [0.29, 0.717) is 19.8 Å². The predicted molar refractivity (Wildman–Crippen MR) is 46.0 cm³/mol. The first-order chi connectivity index (χ1) is 5.62. The minimum absolute atomic E-state index is 0.287. The summed E-state index contributed by atoms with van der Waals surface area (Å²) in [4.78, 5) is 0. The van der Waals surface area contributed by atoms with E-state index in [1.165, 1.54) is 0 Å². The number of ether oxygens (including phenoxy) is 3. The van der Waals surface area contributed by atoms with Crippen molar-refractivity contribution in [3.05, 3.63) is 0 Å². The minimum Gasteiger partial charge on any atom is -0.379 e. The van der Waals surface area contributed by atoms with Gasteiger partial charge in [0.15, 0.2) is 5.79 Å². The molecule has 0 amide bonds. The molecule has 1 saturated heterocycles. The number of rotatable bonds is 4. The fraction of sp³-hybridized carbons (Fsp3) is 1.00. The van der Waals surface area contributed by atoms with Gasteiger partial charge in [0.2, 0.25) is 0 Å². The molecule has 0 saturated carbocycles. The summed E-state index contributed by atoms with van der Waals surface area (Å²) >= 11 is 0. The van der Waals surface area contributed by atoms with Crippen molar-refractivity contribution >= 4 is 0 Å². The van der Waals surface area contributed by atoms with Crippen molar-refractivity contribution in [2.24, 2.45) is 0 Å². The number of hydrogen-bond acceptors (Lipinski definition) is 3. The average molecular weight is 174 g/mol. The molecule has 72 valence electrons. The Morgan fingerprint density at radius 2 is 1.92 bits per heavy atom. The summed E-state index contributed by atoms with van der Waals surface area (Å²) in [7, 11) is 0. The van der Waals surface area contributed by atoms with Crippen LogP contribution in [-0.2, 0) is 14.2 Å². The average Bonchev–Trinajstić information content (AvgIpc) is 2.35. The molecule has 1 aliphatic rings. The summed E-state index contributed by atoms with van der Waals surface area (Å²) < 4.78 is 16.2. The second-order valence-electron chi connectivity index (χ2n) is 3.50. The lowest BCUT2D eigenvalue weighted by Gasteiger charge is -2.22. The van der Waals surface area contributed by atoms with Crippen LogP contribution in [0.5, 0.6) is 0 Å². The van der Waals surface area contributed by atoms with E-state index in [4.69, 9.17) is 14.2 Å². The highest BCUT2D eigenvalue weighted by Gasteiger charge is 2.30. The first-order valence-corrected chi connectivity index (χ1v) is 4.52. The van der Waals surface area contributed by atoms with Gasteiger partial charge in [0, 0.05) is 6.42 Å². The van der Waals surface area contributed by atoms with Crippen molar-refractivity contribution in [1.82, 2.24) is 0 Å². The van der Waals surface area contributed by atoms with Gasteiger partial charge in [0.1, 0.15) is 0 Å². The third-order valence-electron chi connectivity index (χ3n) is 1.91. The van der Waals surface area contributed by atoms with Gasteiger partial charge < -0.3 is 14.2 Å². The topological polar surface area (TPSA) is 27.7 Å². The molecule has 0 spiro atoms. The van der Waals surface area contributed by atoms with Gasteiger partial charge in [-0.1, -0.05) is 0 Å². The van der Waals surface area contributed by atoms with E-state index in [1.807, 2.05) is 20.8 Å². The summed E-state index contributed by atoms with van der Waals surface area (Å²) in [6, 6.07) is 0. The van der Waals surface area contributed by atoms with Gasteiger partial charge in [-0.15, -0.1) is 0 Å². The van der Waals surface area contributed by atoms with Crippen molar-refractivity contribution in [1.29, 1.82) is 0 Å². The molecular weight excluding hydrogens is 156 g/mol. The lowest BCUT2D eigenvalue weighted by Crippen LogP contribution is -2.27. The zero-order valence-corrected chi connectivity index (χ0v) is 8.13. The highest BCUT2D eigenvalue weighted by molar-refractivity contribution is 4.67. The van der Waals surface area contributed by atoms with Crippen molar-refractivity contribution in [3.63, 3.8) is 0 Å². The van der Waals surface area contributed by atoms with Crippen LogP contribution in [0.1, 0.15) is 27.2 Å². The molecule has 0 bridgehead atoms. The van der Waals surface area contributed by atoms with Crippen LogP contribution in [0.25, 0.3) is 0 Å². The van der Waals surface area contributed by atoms with Gasteiger partial charge in [-0.05, 0) is 20.8 Å². The zero-order chi connectivity index (χ0) is 9.03. The van der Waals surface area contributed by atoms with Crippen LogP contribution in [-0.4, -0.2) is 31.7 Å². The zero-order valence-electron chi connectivity index (χ0n) is 8.13. The maximum atomic E-state index is 5.42. The standard InChI is InChI=1S/C9H18O3/c1-8(2)10-5-4-9(3)11-6-7-12-9/h8H,4-7H2,1-3H3. The van der Waals surface area contributed by atoms with Crippen molar-refractivity contribution in [2.45, 2.75) is 39.1 Å². The molecule has 3 nitrogen and oxygen atoms in total. The van der Waals surface area contributed by atoms with E-state index in [2.05, 4.69) is 0 Å². The van der Waals surface area contributed by atoms with Crippen LogP contribution in [0.4, 0.5) is 0 Å². The molecule has 3 heteroatoms. The second kappa shape index (κ2) is 4.21. The minimum atomic E-state index is -0.394. The van der Waals surface area contributed by atoms with Crippen LogP contribution in [0.15, 0.2) is 0 Å². The van der Waals surface area contributed by atoms with E-state index in [-0.39, 0.29) is 6.10 Å². The highest BCUT2D eigenvalue weighted by Crippen LogP contribution is 2.22. The Morgan fingerprint density at radius 3 is 2.42 bits per heavy atom. The van der Waals surface area contributed by atoms with Crippen LogP contribution in [0.3, 0.4) is 0 Å². The first-order valence-electron chi connectivity index (χ1n) is 4.52. The molecule has 1 heterocycles. The maximum absolute atomic E-state index is 5.42. The van der Waals surface area contributed by atoms with E-state index in [9.17, 15) is 0 Å². The summed E-state index contributed by atoms with van der Waals surface area (Å²) in [5.41, 5.74) is 0. The summed E-state index contributed by atoms with van der Waals surface area (Å²) in [6.45, 7) is 8.13. The lowest BCUT2D eigenvalue weighted by molar-refractivity contribution is -0.157. The normalized spacial score (nSPS) is 22.0. The number of hydrogen-bond donors (Lipinski definition) is 0. The van der Waals surface area contributed by atoms with Crippen LogP contribution in [0, 0.1) is 0 Å². The fourth-order valence-corrected chi connectivity index (χ4v) is 1.18. The van der Waals surface area contributed by atoms with Crippen LogP contribution >= 0.6 is 0 Å². The predicted octanol–water partition coefficient (Wildman–Crippen LogP) is 1.56. The summed E-state index contributed by atoms with van der Waals surface area (Å²) in [6.07, 6.45) is 1.10. The van der Waals surface area contributed by atoms with E-state index in [0.717, 1.165) is 6.42 Å². The Bertz CT molecular complexity index is 128. The molecule has 1 fully saturated rings. The Balaban J connectivity index is 2.13. The third kappa shape index (κ3) is 3.09. The Kier molecular flexibility index (Phi) is 3.50. The van der Waals surface area contributed by atoms with Crippen molar-refractivity contribution in [2.75, 3.05) is 19.8 Å². The SMILES string of the molecule is CC(C)OCCC1(C)OCCO1. The molecular formula is C9H18O3. The second-order valence-corrected chi connectivity index (χ2v) is 3.50. The van der Waals surface area contributed by atoms with Gasteiger partial charge in [-0.25, -0.2) is 0 Å². The largest absolute Gasteiger partial charge is 0.379 e. The van der Waals surface area contributed by atoms with Gasteiger partial charge in [-0.2, -0.15) is 0 Å². The van der Waals surface area contributed by atoms with Gasteiger partial charge in [0.05, 0.1) is 25.9 Å². The van der Waals surface area contributed by atoms with Crippen molar-refractivity contribution in [3.8, 4) is 0 Å². The molecule has 0 aliphatic carbocycles. The Morgan fingerprint density at radius 1 is 1.33 bits per heavy atom. The molecule has 0 aromatic rings. The van der Waals surface area contributed by atoms with Gasteiger partial charge in [0.25, 0.3) is 0 Å². The third-order valence-corrected chi connectivity index (χ3v) is 1.91. The van der Waals surface area contributed by atoms with E-state index >= 15 is 0 Å². The molecule has 0 radical (unpaired) electrons. The molecule has 1 aliphatic heterocycles. The maximum Gasteiger partial charge on any atom is 0.167 e. The van der Waals surface area contributed by atoms with Crippen LogP contribution in [0.2, 0.25) is 0 Å². The molecule has 1 rings (SSSR count). The molecule has 0 N–H and O–H groups in total. The van der Waals surface area contributed by atoms with E-state index in [1.54, 1.807) is 0 Å². The molecule has 12 heavy (non-hydrogen) atoms. The lowest BCUT2D eigenvalue weighted by atomic mass is 10.2. The molecule has 0 unspecified atom stereocenters. The van der Waals surface area contributed by atoms with Crippen LogP contribution < -0.4 is 0 Å². The molecule has 0 aromatic heterocycles. The van der Waals surface area contributed by atoms with E-state index < -0.39 is 5.79 Å².